The van der Waals surface area contributed by atoms with E-state index in [1.54, 1.807) is 9.80 Å². The van der Waals surface area contributed by atoms with Crippen molar-refractivity contribution in [2.24, 2.45) is 0 Å². The van der Waals surface area contributed by atoms with E-state index in [0.29, 0.717) is 85.6 Å². The van der Waals surface area contributed by atoms with Gasteiger partial charge in [0.25, 0.3) is 0 Å². The van der Waals surface area contributed by atoms with E-state index in [1.165, 1.54) is 0 Å². The van der Waals surface area contributed by atoms with E-state index in [-0.39, 0.29) is 109 Å². The molecule has 0 aromatic heterocycles. The Morgan fingerprint density at radius 3 is 1.48 bits per heavy atom. The van der Waals surface area contributed by atoms with Gasteiger partial charge in [0.1, 0.15) is 0 Å². The summed E-state index contributed by atoms with van der Waals surface area (Å²) in [4.78, 5) is 63.3. The molecule has 0 radical (unpaired) electrons. The van der Waals surface area contributed by atoms with Crippen LogP contribution in [0.25, 0.3) is 0 Å². The molecular formula is C46H65N3O16. The monoisotopic (exact) mass is 915 g/mol. The summed E-state index contributed by atoms with van der Waals surface area (Å²) in [5, 5.41) is 20.1. The first kappa shape index (κ1) is 54.3. The van der Waals surface area contributed by atoms with Crippen LogP contribution in [0.3, 0.4) is 0 Å². The lowest BCUT2D eigenvalue weighted by Gasteiger charge is -2.26. The molecule has 0 fully saturated rings. The van der Waals surface area contributed by atoms with Crippen molar-refractivity contribution in [3.05, 3.63) is 65.2 Å². The normalized spacial score (nSPS) is 11.7. The Hall–Kier alpha value is -5.01. The van der Waals surface area contributed by atoms with Crippen LogP contribution in [0.4, 0.5) is 5.69 Å². The molecule has 3 N–H and O–H groups in total. The quantitative estimate of drug-likeness (QED) is 0.0645. The van der Waals surface area contributed by atoms with Crippen LogP contribution in [-0.2, 0) is 73.1 Å². The lowest BCUT2D eigenvalue weighted by atomic mass is 10.0. The molecule has 0 saturated carbocycles. The number of ether oxygens (including phenoxy) is 9. The Kier molecular flexibility index (Phi) is 29.5. The van der Waals surface area contributed by atoms with Gasteiger partial charge in [0.05, 0.1) is 150 Å². The van der Waals surface area contributed by atoms with E-state index in [4.69, 9.17) is 52.8 Å². The molecule has 2 aromatic rings. The molecule has 1 heterocycles. The number of aliphatic carboxylic acids is 2. The number of anilines is 1. The third kappa shape index (κ3) is 25.9. The fourth-order valence-corrected chi connectivity index (χ4v) is 5.89. The summed E-state index contributed by atoms with van der Waals surface area (Å²) in [5.74, 6) is 4.01. The summed E-state index contributed by atoms with van der Waals surface area (Å²) in [6.07, 6.45) is 0.116. The number of para-hydroxylation sites is 1. The van der Waals surface area contributed by atoms with E-state index in [2.05, 4.69) is 17.2 Å². The van der Waals surface area contributed by atoms with Crippen LogP contribution < -0.4 is 10.2 Å². The van der Waals surface area contributed by atoms with Crippen LogP contribution >= 0.6 is 0 Å². The first-order valence-corrected chi connectivity index (χ1v) is 21.9. The van der Waals surface area contributed by atoms with E-state index in [0.717, 1.165) is 22.4 Å². The van der Waals surface area contributed by atoms with Crippen molar-refractivity contribution < 1.29 is 76.8 Å². The van der Waals surface area contributed by atoms with Gasteiger partial charge in [0.15, 0.2) is 0 Å². The highest BCUT2D eigenvalue weighted by molar-refractivity contribution is 5.97. The molecule has 0 unspecified atom stereocenters. The highest BCUT2D eigenvalue weighted by Gasteiger charge is 2.22. The summed E-state index contributed by atoms with van der Waals surface area (Å²) < 4.78 is 49.2. The van der Waals surface area contributed by atoms with Gasteiger partial charge in [-0.1, -0.05) is 42.2 Å². The number of carboxylic acid groups (broad SMARTS) is 2. The van der Waals surface area contributed by atoms with Gasteiger partial charge in [-0.25, -0.2) is 0 Å². The zero-order valence-electron chi connectivity index (χ0n) is 37.2. The van der Waals surface area contributed by atoms with Crippen LogP contribution in [0.5, 0.6) is 0 Å². The first-order chi connectivity index (χ1) is 31.7. The fraction of sp³-hybridized carbons (Fsp3) is 0.587. The molecule has 0 spiro atoms. The fourth-order valence-electron chi connectivity index (χ4n) is 5.89. The molecule has 0 bridgehead atoms. The first-order valence-electron chi connectivity index (χ1n) is 21.9. The van der Waals surface area contributed by atoms with E-state index < -0.39 is 11.9 Å². The third-order valence-electron chi connectivity index (χ3n) is 9.28. The van der Waals surface area contributed by atoms with E-state index >= 15 is 0 Å². The average Bonchev–Trinajstić information content (AvgIpc) is 3.29. The molecule has 19 heteroatoms. The van der Waals surface area contributed by atoms with Crippen LogP contribution in [0.2, 0.25) is 0 Å². The predicted octanol–water partition coefficient (Wildman–Crippen LogP) is 2.15. The Morgan fingerprint density at radius 2 is 0.938 bits per heavy atom. The summed E-state index contributed by atoms with van der Waals surface area (Å²) in [6.45, 7) is 6.26. The number of rotatable bonds is 39. The standard InChI is InChI=1S/C46H65N3O16/c50-42(11-12-44(52)49-37-40-7-2-1-5-38(40)9-10-39-6-3-4-8-41(39)49)47-16-22-60-28-34-63-31-25-57-19-13-43(51)48(17-23-61-29-35-64-32-26-58-20-14-45(53)54)18-24-62-30-36-65-33-27-59-21-15-46(55)56/h1-8H,11-37H2,(H,47,50)(H,53,54)(H,55,56). The lowest BCUT2D eigenvalue weighted by Crippen LogP contribution is -2.37. The largest absolute Gasteiger partial charge is 0.481 e. The van der Waals surface area contributed by atoms with E-state index in [9.17, 15) is 24.0 Å². The molecule has 0 aliphatic carbocycles. The molecule has 65 heavy (non-hydrogen) atoms. The van der Waals surface area contributed by atoms with Crippen molar-refractivity contribution in [2.75, 3.05) is 143 Å². The molecule has 360 valence electrons. The maximum Gasteiger partial charge on any atom is 0.305 e. The van der Waals surface area contributed by atoms with Gasteiger partial charge in [0.2, 0.25) is 17.7 Å². The minimum absolute atomic E-state index is 0.0449. The van der Waals surface area contributed by atoms with Crippen molar-refractivity contribution in [1.82, 2.24) is 10.2 Å². The molecule has 2 aromatic carbocycles. The smallest absolute Gasteiger partial charge is 0.305 e. The van der Waals surface area contributed by atoms with E-state index in [1.807, 2.05) is 48.5 Å². The van der Waals surface area contributed by atoms with Crippen LogP contribution in [0.1, 0.15) is 48.8 Å². The number of amides is 3. The Bertz CT molecular complexity index is 1720. The molecule has 0 atom stereocenters. The third-order valence-corrected chi connectivity index (χ3v) is 9.28. The van der Waals surface area contributed by atoms with Crippen LogP contribution in [0.15, 0.2) is 48.5 Å². The Balaban J connectivity index is 1.21. The van der Waals surface area contributed by atoms with Gasteiger partial charge in [0, 0.05) is 43.6 Å². The van der Waals surface area contributed by atoms with Crippen LogP contribution in [0, 0.1) is 11.8 Å². The molecule has 3 amide bonds. The highest BCUT2D eigenvalue weighted by Crippen LogP contribution is 2.26. The molecule has 1 aliphatic rings. The second-order valence-corrected chi connectivity index (χ2v) is 14.2. The van der Waals surface area contributed by atoms with Gasteiger partial charge in [-0.05, 0) is 23.8 Å². The number of hydrogen-bond donors (Lipinski definition) is 3. The summed E-state index contributed by atoms with van der Waals surface area (Å²) in [5.41, 5.74) is 3.31. The summed E-state index contributed by atoms with van der Waals surface area (Å²) in [6, 6.07) is 15.3. The van der Waals surface area contributed by atoms with Gasteiger partial charge in [-0.3, -0.25) is 24.0 Å². The molecule has 0 saturated heterocycles. The summed E-state index contributed by atoms with van der Waals surface area (Å²) in [7, 11) is 0. The minimum Gasteiger partial charge on any atom is -0.481 e. The topological polar surface area (TPSA) is 227 Å². The Morgan fingerprint density at radius 1 is 0.508 bits per heavy atom. The second-order valence-electron chi connectivity index (χ2n) is 14.2. The molecular weight excluding hydrogens is 851 g/mol. The zero-order valence-corrected chi connectivity index (χ0v) is 37.2. The number of carboxylic acids is 2. The maximum atomic E-state index is 13.4. The second kappa shape index (κ2) is 35.3. The molecule has 3 rings (SSSR count). The number of nitrogens with zero attached hydrogens (tertiary/aromatic N) is 2. The van der Waals surface area contributed by atoms with Crippen LogP contribution in [-0.4, -0.2) is 183 Å². The lowest BCUT2D eigenvalue weighted by molar-refractivity contribution is -0.139. The Labute approximate surface area is 380 Å². The molecule has 19 nitrogen and oxygen atoms in total. The van der Waals surface area contributed by atoms with Gasteiger partial charge in [-0.15, -0.1) is 0 Å². The highest BCUT2D eigenvalue weighted by atomic mass is 16.6. The van der Waals surface area contributed by atoms with Gasteiger partial charge in [-0.2, -0.15) is 0 Å². The van der Waals surface area contributed by atoms with Crippen molar-refractivity contribution in [3.8, 4) is 11.8 Å². The predicted molar refractivity (Wildman–Crippen MR) is 235 cm³/mol. The van der Waals surface area contributed by atoms with Crippen molar-refractivity contribution >= 4 is 35.3 Å². The average molecular weight is 916 g/mol. The zero-order chi connectivity index (χ0) is 46.6. The SMILES string of the molecule is O=C(O)CCOCCOCCOCCN(CCOCCOCCOCCC(=O)O)C(=O)CCOCCOCCOCCNC(=O)CCC(=O)N1Cc2ccccc2C#Cc2ccccc21. The van der Waals surface area contributed by atoms with Crippen molar-refractivity contribution in [3.63, 3.8) is 0 Å². The number of fused-ring (bicyclic) bond motifs is 2. The van der Waals surface area contributed by atoms with Gasteiger partial charge < -0.3 is 68.0 Å². The van der Waals surface area contributed by atoms with Gasteiger partial charge >= 0.3 is 11.9 Å². The maximum absolute atomic E-state index is 13.4. The number of carbonyl (C=O) groups is 5. The minimum atomic E-state index is -0.921. The van der Waals surface area contributed by atoms with Crippen molar-refractivity contribution in [2.45, 2.75) is 38.6 Å². The summed E-state index contributed by atoms with van der Waals surface area (Å²) >= 11 is 0. The number of nitrogens with one attached hydrogen (secondary N) is 1. The molecule has 1 aliphatic heterocycles. The number of carbonyl (C=O) groups excluding carboxylic acids is 3. The number of benzene rings is 2. The number of hydrogen-bond acceptors (Lipinski definition) is 14. The van der Waals surface area contributed by atoms with Crippen molar-refractivity contribution in [1.29, 1.82) is 0 Å².